The molecule has 0 spiro atoms. The second-order valence-electron chi connectivity index (χ2n) is 7.61. The van der Waals surface area contributed by atoms with Crippen LogP contribution >= 0.6 is 15.9 Å². The van der Waals surface area contributed by atoms with Crippen LogP contribution < -0.4 is 19.6 Å². The summed E-state index contributed by atoms with van der Waals surface area (Å²) < 4.78 is 36.5. The van der Waals surface area contributed by atoms with E-state index in [1.807, 2.05) is 19.9 Å². The van der Waals surface area contributed by atoms with Crippen LogP contribution in [0, 0.1) is 5.82 Å². The fourth-order valence-electron chi connectivity index (χ4n) is 3.38. The second kappa shape index (κ2) is 11.7. The molecule has 1 heterocycles. The number of nitrogens with one attached hydrogen (secondary N) is 1. The SMILES string of the molecule is CCOc1ccc2oc(C(=O)N/N=C/c3cc(OCC)c(OCc4ccc(F)cc4)cc3Br)cc2c1. The molecule has 7 nitrogen and oxygen atoms in total. The average molecular weight is 555 g/mol. The molecule has 1 aromatic heterocycles. The fourth-order valence-corrected chi connectivity index (χ4v) is 3.80. The van der Waals surface area contributed by atoms with Crippen LogP contribution in [0.15, 0.2) is 74.7 Å². The van der Waals surface area contributed by atoms with Crippen molar-refractivity contribution in [2.45, 2.75) is 20.5 Å². The van der Waals surface area contributed by atoms with Gasteiger partial charge in [-0.3, -0.25) is 4.79 Å². The average Bonchev–Trinajstić information content (AvgIpc) is 3.30. The van der Waals surface area contributed by atoms with Gasteiger partial charge in [-0.15, -0.1) is 0 Å². The molecule has 0 unspecified atom stereocenters. The van der Waals surface area contributed by atoms with Crippen molar-refractivity contribution in [2.24, 2.45) is 5.10 Å². The normalized spacial score (nSPS) is 11.1. The number of fused-ring (bicyclic) bond motifs is 1. The number of hydrogen-bond donors (Lipinski definition) is 1. The van der Waals surface area contributed by atoms with Gasteiger partial charge in [0.2, 0.25) is 0 Å². The number of benzene rings is 3. The number of carbonyl (C=O) groups is 1. The van der Waals surface area contributed by atoms with E-state index in [-0.39, 0.29) is 18.2 Å². The topological polar surface area (TPSA) is 82.3 Å². The van der Waals surface area contributed by atoms with Crippen LogP contribution in [0.2, 0.25) is 0 Å². The van der Waals surface area contributed by atoms with E-state index < -0.39 is 5.91 Å². The predicted molar refractivity (Wildman–Crippen MR) is 138 cm³/mol. The van der Waals surface area contributed by atoms with Crippen molar-refractivity contribution in [2.75, 3.05) is 13.2 Å². The van der Waals surface area contributed by atoms with E-state index in [9.17, 15) is 9.18 Å². The number of hydrogen-bond acceptors (Lipinski definition) is 6. The largest absolute Gasteiger partial charge is 0.494 e. The van der Waals surface area contributed by atoms with Crippen molar-refractivity contribution < 1.29 is 27.8 Å². The Morgan fingerprint density at radius 2 is 1.75 bits per heavy atom. The Kier molecular flexibility index (Phi) is 8.22. The number of nitrogens with zero attached hydrogens (tertiary/aromatic N) is 1. The van der Waals surface area contributed by atoms with Crippen LogP contribution in [-0.2, 0) is 6.61 Å². The zero-order valence-corrected chi connectivity index (χ0v) is 21.3. The molecule has 0 aliphatic carbocycles. The number of halogens is 2. The number of rotatable bonds is 10. The Labute approximate surface area is 216 Å². The summed E-state index contributed by atoms with van der Waals surface area (Å²) in [6.45, 7) is 5.00. The first kappa shape index (κ1) is 25.2. The highest BCUT2D eigenvalue weighted by Gasteiger charge is 2.13. The van der Waals surface area contributed by atoms with E-state index in [2.05, 4.69) is 26.5 Å². The molecule has 3 aromatic carbocycles. The van der Waals surface area contributed by atoms with Gasteiger partial charge in [0.05, 0.1) is 19.4 Å². The molecule has 0 saturated heterocycles. The van der Waals surface area contributed by atoms with Crippen molar-refractivity contribution in [3.8, 4) is 17.2 Å². The Balaban J connectivity index is 1.45. The molecule has 36 heavy (non-hydrogen) atoms. The minimum absolute atomic E-state index is 0.134. The lowest BCUT2D eigenvalue weighted by molar-refractivity contribution is 0.0929. The Bertz CT molecular complexity index is 1390. The zero-order valence-electron chi connectivity index (χ0n) is 19.7. The van der Waals surface area contributed by atoms with Crippen molar-refractivity contribution >= 4 is 39.0 Å². The highest BCUT2D eigenvalue weighted by Crippen LogP contribution is 2.34. The summed E-state index contributed by atoms with van der Waals surface area (Å²) in [6.07, 6.45) is 1.49. The highest BCUT2D eigenvalue weighted by atomic mass is 79.9. The van der Waals surface area contributed by atoms with E-state index in [4.69, 9.17) is 18.6 Å². The van der Waals surface area contributed by atoms with Gasteiger partial charge in [0.1, 0.15) is 23.8 Å². The molecule has 0 aliphatic rings. The van der Waals surface area contributed by atoms with Crippen molar-refractivity contribution in [1.29, 1.82) is 0 Å². The Morgan fingerprint density at radius 3 is 2.50 bits per heavy atom. The Hall–Kier alpha value is -3.85. The first-order chi connectivity index (χ1) is 17.5. The lowest BCUT2D eigenvalue weighted by Crippen LogP contribution is -2.16. The molecular weight excluding hydrogens is 531 g/mol. The lowest BCUT2D eigenvalue weighted by atomic mass is 10.2. The summed E-state index contributed by atoms with van der Waals surface area (Å²) in [5.74, 6) is 1.08. The summed E-state index contributed by atoms with van der Waals surface area (Å²) >= 11 is 3.50. The molecule has 0 fully saturated rings. The van der Waals surface area contributed by atoms with Crippen LogP contribution in [0.3, 0.4) is 0 Å². The quantitative estimate of drug-likeness (QED) is 0.179. The van der Waals surface area contributed by atoms with Gasteiger partial charge in [-0.25, -0.2) is 9.82 Å². The van der Waals surface area contributed by atoms with Crippen molar-refractivity contribution in [1.82, 2.24) is 5.43 Å². The fraction of sp³-hybridized carbons (Fsp3) is 0.185. The van der Waals surface area contributed by atoms with E-state index in [0.29, 0.717) is 46.1 Å². The van der Waals surface area contributed by atoms with Crippen LogP contribution in [0.1, 0.15) is 35.5 Å². The molecular formula is C27H24BrFN2O5. The van der Waals surface area contributed by atoms with Crippen LogP contribution in [0.4, 0.5) is 4.39 Å². The van der Waals surface area contributed by atoms with Gasteiger partial charge < -0.3 is 18.6 Å². The van der Waals surface area contributed by atoms with Crippen molar-refractivity contribution in [3.05, 3.63) is 87.8 Å². The second-order valence-corrected chi connectivity index (χ2v) is 8.47. The number of hydrazone groups is 1. The number of furan rings is 1. The predicted octanol–water partition coefficient (Wildman–Crippen LogP) is 6.47. The molecule has 0 aliphatic heterocycles. The van der Waals surface area contributed by atoms with E-state index in [1.54, 1.807) is 42.5 Å². The maximum atomic E-state index is 13.1. The third-order valence-electron chi connectivity index (χ3n) is 5.06. The smallest absolute Gasteiger partial charge is 0.307 e. The third kappa shape index (κ3) is 6.23. The maximum Gasteiger partial charge on any atom is 0.307 e. The minimum atomic E-state index is -0.485. The molecule has 0 radical (unpaired) electrons. The highest BCUT2D eigenvalue weighted by molar-refractivity contribution is 9.10. The number of amides is 1. The summed E-state index contributed by atoms with van der Waals surface area (Å²) in [7, 11) is 0. The van der Waals surface area contributed by atoms with Gasteiger partial charge in [-0.2, -0.15) is 5.10 Å². The van der Waals surface area contributed by atoms with Crippen LogP contribution in [-0.4, -0.2) is 25.3 Å². The third-order valence-corrected chi connectivity index (χ3v) is 5.75. The molecule has 4 aromatic rings. The lowest BCUT2D eigenvalue weighted by Gasteiger charge is -2.14. The molecule has 4 rings (SSSR count). The number of carbonyl (C=O) groups excluding carboxylic acids is 1. The molecule has 186 valence electrons. The summed E-state index contributed by atoms with van der Waals surface area (Å²) in [6, 6.07) is 16.6. The first-order valence-corrected chi connectivity index (χ1v) is 12.1. The van der Waals surface area contributed by atoms with Crippen molar-refractivity contribution in [3.63, 3.8) is 0 Å². The molecule has 0 saturated carbocycles. The van der Waals surface area contributed by atoms with Gasteiger partial charge >= 0.3 is 5.91 Å². The van der Waals surface area contributed by atoms with Gasteiger partial charge in [-0.05, 0) is 83.9 Å². The molecule has 1 N–H and O–H groups in total. The zero-order chi connectivity index (χ0) is 25.5. The van der Waals surface area contributed by atoms with Gasteiger partial charge in [0.15, 0.2) is 17.3 Å². The standard InChI is InChI=1S/C27H24BrFN2O5/c1-3-33-21-9-10-23-18(11-21)12-26(36-23)27(32)31-30-15-19-13-24(34-4-2)25(14-22(19)28)35-16-17-5-7-20(29)8-6-17/h5-15H,3-4,16H2,1-2H3,(H,31,32)/b30-15+. The first-order valence-electron chi connectivity index (χ1n) is 11.3. The van der Waals surface area contributed by atoms with Crippen LogP contribution in [0.25, 0.3) is 11.0 Å². The minimum Gasteiger partial charge on any atom is -0.494 e. The summed E-state index contributed by atoms with van der Waals surface area (Å²) in [5, 5.41) is 4.82. The van der Waals surface area contributed by atoms with E-state index in [1.165, 1.54) is 18.3 Å². The molecule has 0 atom stereocenters. The molecule has 0 bridgehead atoms. The Morgan fingerprint density at radius 1 is 1.00 bits per heavy atom. The van der Waals surface area contributed by atoms with Crippen LogP contribution in [0.5, 0.6) is 17.2 Å². The number of ether oxygens (including phenoxy) is 3. The summed E-state index contributed by atoms with van der Waals surface area (Å²) in [5.41, 5.74) is 4.54. The van der Waals surface area contributed by atoms with Gasteiger partial charge in [0.25, 0.3) is 0 Å². The summed E-state index contributed by atoms with van der Waals surface area (Å²) in [4.78, 5) is 12.5. The maximum absolute atomic E-state index is 13.1. The van der Waals surface area contributed by atoms with Gasteiger partial charge in [-0.1, -0.05) is 12.1 Å². The van der Waals surface area contributed by atoms with Gasteiger partial charge in [0, 0.05) is 15.4 Å². The van der Waals surface area contributed by atoms with E-state index >= 15 is 0 Å². The molecule has 9 heteroatoms. The monoisotopic (exact) mass is 554 g/mol. The van der Waals surface area contributed by atoms with E-state index in [0.717, 1.165) is 10.9 Å². The molecule has 1 amide bonds.